The second-order valence-electron chi connectivity index (χ2n) is 5.79. The van der Waals surface area contributed by atoms with Crippen molar-refractivity contribution in [1.82, 2.24) is 5.32 Å². The first kappa shape index (κ1) is 12.1. The molecule has 0 spiro atoms. The highest BCUT2D eigenvalue weighted by molar-refractivity contribution is 5.87. The van der Waals surface area contributed by atoms with Crippen molar-refractivity contribution >= 4 is 5.91 Å². The number of carbonyl (C=O) groups excluding carboxylic acids is 1. The summed E-state index contributed by atoms with van der Waals surface area (Å²) in [7, 11) is 0. The zero-order chi connectivity index (χ0) is 12.7. The number of nitrogens with one attached hydrogen (secondary N) is 1. The summed E-state index contributed by atoms with van der Waals surface area (Å²) in [4.78, 5) is 12.2. The molecule has 1 aromatic carbocycles. The van der Waals surface area contributed by atoms with E-state index in [0.717, 1.165) is 12.0 Å². The summed E-state index contributed by atoms with van der Waals surface area (Å²) in [5.41, 5.74) is 6.24. The van der Waals surface area contributed by atoms with E-state index in [1.165, 1.54) is 0 Å². The number of hydrogen-bond acceptors (Lipinski definition) is 2. The van der Waals surface area contributed by atoms with Crippen LogP contribution in [-0.4, -0.2) is 11.9 Å². The normalized spacial score (nSPS) is 24.8. The summed E-state index contributed by atoms with van der Waals surface area (Å²) in [6.07, 6.45) is 1.03. The molecule has 1 amide bonds. The van der Waals surface area contributed by atoms with Crippen LogP contribution in [0.1, 0.15) is 32.8 Å². The van der Waals surface area contributed by atoms with Gasteiger partial charge in [0.2, 0.25) is 5.91 Å². The zero-order valence-electron chi connectivity index (χ0n) is 10.7. The van der Waals surface area contributed by atoms with Crippen molar-refractivity contribution in [3.05, 3.63) is 35.9 Å². The van der Waals surface area contributed by atoms with Gasteiger partial charge in [0, 0.05) is 6.04 Å². The Labute approximate surface area is 102 Å². The maximum atomic E-state index is 12.2. The second kappa shape index (κ2) is 3.84. The molecule has 2 atom stereocenters. The number of benzene rings is 1. The molecule has 0 heterocycles. The smallest absolute Gasteiger partial charge is 0.244 e. The summed E-state index contributed by atoms with van der Waals surface area (Å²) >= 11 is 0. The first-order valence-electron chi connectivity index (χ1n) is 5.99. The van der Waals surface area contributed by atoms with Gasteiger partial charge in [-0.05, 0) is 24.3 Å². The summed E-state index contributed by atoms with van der Waals surface area (Å²) in [5.74, 6) is -0.0979. The third kappa shape index (κ3) is 2.34. The maximum absolute atomic E-state index is 12.2. The maximum Gasteiger partial charge on any atom is 0.244 e. The van der Waals surface area contributed by atoms with E-state index in [2.05, 4.69) is 19.2 Å². The fourth-order valence-electron chi connectivity index (χ4n) is 1.94. The molecule has 1 fully saturated rings. The topological polar surface area (TPSA) is 55.1 Å². The first-order valence-corrected chi connectivity index (χ1v) is 5.99. The average molecular weight is 232 g/mol. The van der Waals surface area contributed by atoms with Crippen LogP contribution in [0.3, 0.4) is 0 Å². The van der Waals surface area contributed by atoms with Crippen molar-refractivity contribution in [2.24, 2.45) is 11.1 Å². The van der Waals surface area contributed by atoms with Crippen molar-refractivity contribution in [2.75, 3.05) is 0 Å². The highest BCUT2D eigenvalue weighted by Crippen LogP contribution is 2.44. The van der Waals surface area contributed by atoms with Crippen LogP contribution in [0.15, 0.2) is 30.3 Å². The molecule has 1 aliphatic carbocycles. The third-order valence-corrected chi connectivity index (χ3v) is 3.66. The third-order valence-electron chi connectivity index (χ3n) is 3.66. The zero-order valence-corrected chi connectivity index (χ0v) is 10.7. The lowest BCUT2D eigenvalue weighted by molar-refractivity contribution is -0.126. The summed E-state index contributed by atoms with van der Waals surface area (Å²) in [5, 5.41) is 3.02. The Balaban J connectivity index is 2.08. The van der Waals surface area contributed by atoms with Gasteiger partial charge in [-0.3, -0.25) is 4.79 Å². The number of nitrogens with two attached hydrogens (primary N) is 1. The van der Waals surface area contributed by atoms with Crippen LogP contribution in [0.5, 0.6) is 0 Å². The minimum absolute atomic E-state index is 0.0979. The molecule has 92 valence electrons. The Hall–Kier alpha value is -1.35. The molecule has 3 nitrogen and oxygen atoms in total. The molecule has 1 aromatic rings. The van der Waals surface area contributed by atoms with Crippen LogP contribution in [-0.2, 0) is 10.3 Å². The predicted octanol–water partition coefficient (Wildman–Crippen LogP) is 1.78. The molecule has 2 unspecified atom stereocenters. The van der Waals surface area contributed by atoms with Crippen LogP contribution in [0, 0.1) is 5.41 Å². The lowest BCUT2D eigenvalue weighted by atomic mass is 9.92. The summed E-state index contributed by atoms with van der Waals surface area (Å²) in [6.45, 7) is 6.05. The Morgan fingerprint density at radius 2 is 1.94 bits per heavy atom. The molecule has 1 saturated carbocycles. The SMILES string of the molecule is CC(N)(C(=O)NC1CC1(C)C)c1ccccc1. The van der Waals surface area contributed by atoms with Gasteiger partial charge in [0.05, 0.1) is 0 Å². The molecule has 0 aromatic heterocycles. The van der Waals surface area contributed by atoms with E-state index in [1.54, 1.807) is 6.92 Å². The first-order chi connectivity index (χ1) is 7.84. The molecular formula is C14H20N2O. The van der Waals surface area contributed by atoms with E-state index in [-0.39, 0.29) is 17.4 Å². The largest absolute Gasteiger partial charge is 0.351 e. The highest BCUT2D eigenvalue weighted by Gasteiger charge is 2.48. The van der Waals surface area contributed by atoms with Crippen molar-refractivity contribution in [1.29, 1.82) is 0 Å². The number of hydrogen-bond donors (Lipinski definition) is 2. The lowest BCUT2D eigenvalue weighted by Gasteiger charge is -2.24. The van der Waals surface area contributed by atoms with E-state index < -0.39 is 5.54 Å². The van der Waals surface area contributed by atoms with Gasteiger partial charge < -0.3 is 11.1 Å². The van der Waals surface area contributed by atoms with Crippen LogP contribution in [0.4, 0.5) is 0 Å². The Kier molecular flexibility index (Phi) is 2.74. The van der Waals surface area contributed by atoms with Crippen LogP contribution < -0.4 is 11.1 Å². The van der Waals surface area contributed by atoms with Gasteiger partial charge in [-0.15, -0.1) is 0 Å². The lowest BCUT2D eigenvalue weighted by Crippen LogP contribution is -2.50. The Bertz CT molecular complexity index is 423. The quantitative estimate of drug-likeness (QED) is 0.834. The average Bonchev–Trinajstić information content (AvgIpc) is 2.87. The minimum Gasteiger partial charge on any atom is -0.351 e. The van der Waals surface area contributed by atoms with Gasteiger partial charge in [-0.2, -0.15) is 0 Å². The van der Waals surface area contributed by atoms with Crippen LogP contribution in [0.2, 0.25) is 0 Å². The number of rotatable bonds is 3. The van der Waals surface area contributed by atoms with E-state index in [9.17, 15) is 4.79 Å². The summed E-state index contributed by atoms with van der Waals surface area (Å²) < 4.78 is 0. The molecule has 0 aliphatic heterocycles. The molecule has 0 radical (unpaired) electrons. The minimum atomic E-state index is -0.958. The van der Waals surface area contributed by atoms with Gasteiger partial charge in [0.15, 0.2) is 0 Å². The fourth-order valence-corrected chi connectivity index (χ4v) is 1.94. The van der Waals surface area contributed by atoms with E-state index in [1.807, 2.05) is 30.3 Å². The van der Waals surface area contributed by atoms with Crippen molar-refractivity contribution < 1.29 is 4.79 Å². The molecule has 1 aliphatic rings. The Morgan fingerprint density at radius 3 is 2.41 bits per heavy atom. The fraction of sp³-hybridized carbons (Fsp3) is 0.500. The number of amides is 1. The van der Waals surface area contributed by atoms with Crippen LogP contribution in [0.25, 0.3) is 0 Å². The van der Waals surface area contributed by atoms with Gasteiger partial charge in [0.1, 0.15) is 5.54 Å². The van der Waals surface area contributed by atoms with Gasteiger partial charge in [-0.1, -0.05) is 44.2 Å². The van der Waals surface area contributed by atoms with E-state index >= 15 is 0 Å². The number of carbonyl (C=O) groups is 1. The molecule has 0 bridgehead atoms. The van der Waals surface area contributed by atoms with Crippen molar-refractivity contribution in [3.8, 4) is 0 Å². The van der Waals surface area contributed by atoms with Gasteiger partial charge in [-0.25, -0.2) is 0 Å². The van der Waals surface area contributed by atoms with Crippen LogP contribution >= 0.6 is 0 Å². The monoisotopic (exact) mass is 232 g/mol. The predicted molar refractivity (Wildman–Crippen MR) is 68.3 cm³/mol. The molecule has 17 heavy (non-hydrogen) atoms. The molecule has 2 rings (SSSR count). The standard InChI is InChI=1S/C14H20N2O/c1-13(2)9-11(13)16-12(17)14(3,15)10-7-5-4-6-8-10/h4-8,11H,9,15H2,1-3H3,(H,16,17). The molecule has 3 N–H and O–H groups in total. The molecular weight excluding hydrogens is 212 g/mol. The van der Waals surface area contributed by atoms with E-state index in [0.29, 0.717) is 0 Å². The van der Waals surface area contributed by atoms with Gasteiger partial charge in [0.25, 0.3) is 0 Å². The highest BCUT2D eigenvalue weighted by atomic mass is 16.2. The molecule has 0 saturated heterocycles. The van der Waals surface area contributed by atoms with Crippen molar-refractivity contribution in [2.45, 2.75) is 38.8 Å². The summed E-state index contributed by atoms with van der Waals surface area (Å²) in [6, 6.07) is 9.75. The van der Waals surface area contributed by atoms with Crippen molar-refractivity contribution in [3.63, 3.8) is 0 Å². The molecule has 3 heteroatoms. The second-order valence-corrected chi connectivity index (χ2v) is 5.79. The Morgan fingerprint density at radius 1 is 1.41 bits per heavy atom. The van der Waals surface area contributed by atoms with Gasteiger partial charge >= 0.3 is 0 Å². The van der Waals surface area contributed by atoms with E-state index in [4.69, 9.17) is 5.73 Å².